The van der Waals surface area contributed by atoms with Crippen LogP contribution < -0.4 is 10.6 Å². The van der Waals surface area contributed by atoms with Crippen LogP contribution in [0.3, 0.4) is 0 Å². The van der Waals surface area contributed by atoms with Crippen LogP contribution in [0.5, 0.6) is 0 Å². The molecular formula is C16H25N3O. The van der Waals surface area contributed by atoms with Gasteiger partial charge in [0.05, 0.1) is 0 Å². The van der Waals surface area contributed by atoms with E-state index in [1.165, 1.54) is 17.5 Å². The molecule has 2 rings (SSSR count). The van der Waals surface area contributed by atoms with E-state index in [0.29, 0.717) is 18.5 Å². The number of nitrogens with one attached hydrogen (secondary N) is 2. The van der Waals surface area contributed by atoms with Gasteiger partial charge in [-0.3, -0.25) is 0 Å². The maximum absolute atomic E-state index is 11.6. The molecule has 1 heterocycles. The zero-order chi connectivity index (χ0) is 14.7. The molecule has 20 heavy (non-hydrogen) atoms. The Labute approximate surface area is 121 Å². The summed E-state index contributed by atoms with van der Waals surface area (Å²) in [6, 6.07) is 6.70. The van der Waals surface area contributed by atoms with Crippen LogP contribution in [0.15, 0.2) is 18.2 Å². The second kappa shape index (κ2) is 6.27. The molecule has 4 heteroatoms. The van der Waals surface area contributed by atoms with Crippen molar-refractivity contribution in [1.29, 1.82) is 0 Å². The Morgan fingerprint density at radius 1 is 1.35 bits per heavy atom. The number of carbonyl (C=O) groups is 1. The average molecular weight is 275 g/mol. The van der Waals surface area contributed by atoms with E-state index in [-0.39, 0.29) is 6.03 Å². The monoisotopic (exact) mass is 275 g/mol. The number of anilines is 1. The van der Waals surface area contributed by atoms with Gasteiger partial charge in [-0.1, -0.05) is 26.0 Å². The molecule has 110 valence electrons. The Balaban J connectivity index is 2.17. The van der Waals surface area contributed by atoms with E-state index < -0.39 is 0 Å². The number of amides is 2. The molecule has 1 aliphatic rings. The third-order valence-corrected chi connectivity index (χ3v) is 3.91. The van der Waals surface area contributed by atoms with E-state index >= 15 is 0 Å². The van der Waals surface area contributed by atoms with Crippen LogP contribution in [-0.2, 0) is 6.54 Å². The minimum Gasteiger partial charge on any atom is -0.323 e. The molecule has 1 aromatic rings. The molecule has 0 saturated carbocycles. The van der Waals surface area contributed by atoms with Gasteiger partial charge in [-0.2, -0.15) is 0 Å². The molecule has 1 aliphatic heterocycles. The molecule has 2 amide bonds. The summed E-state index contributed by atoms with van der Waals surface area (Å²) in [5, 5.41) is 6.31. The van der Waals surface area contributed by atoms with Crippen molar-refractivity contribution in [2.24, 2.45) is 5.92 Å². The van der Waals surface area contributed by atoms with Gasteiger partial charge in [0, 0.05) is 25.3 Å². The number of carbonyl (C=O) groups excluding carboxylic acids is 1. The largest absolute Gasteiger partial charge is 0.323 e. The zero-order valence-electron chi connectivity index (χ0n) is 12.9. The molecule has 2 N–H and O–H groups in total. The Morgan fingerprint density at radius 3 is 2.75 bits per heavy atom. The molecule has 1 aromatic carbocycles. The third kappa shape index (κ3) is 3.31. The number of benzene rings is 1. The molecule has 0 aromatic heterocycles. The summed E-state index contributed by atoms with van der Waals surface area (Å²) in [6.45, 7) is 5.18. The van der Waals surface area contributed by atoms with E-state index in [4.69, 9.17) is 0 Å². The lowest BCUT2D eigenvalue weighted by Crippen LogP contribution is -2.35. The minimum atomic E-state index is -0.0322. The van der Waals surface area contributed by atoms with Crippen molar-refractivity contribution in [3.8, 4) is 0 Å². The Bertz CT molecular complexity index is 485. The van der Waals surface area contributed by atoms with Crippen LogP contribution in [-0.4, -0.2) is 25.0 Å². The van der Waals surface area contributed by atoms with Crippen LogP contribution in [0, 0.1) is 5.92 Å². The van der Waals surface area contributed by atoms with Gasteiger partial charge in [-0.25, -0.2) is 4.79 Å². The van der Waals surface area contributed by atoms with Crippen molar-refractivity contribution in [2.45, 2.75) is 39.3 Å². The molecule has 0 saturated heterocycles. The lowest BCUT2D eigenvalue weighted by atomic mass is 9.95. The second-order valence-corrected chi connectivity index (χ2v) is 6.02. The van der Waals surface area contributed by atoms with E-state index in [9.17, 15) is 4.79 Å². The SMILES string of the molecule is CNC(CCC(C)C)c1ccc2c(c1)CN(C)C(=O)N2. The number of urea groups is 1. The van der Waals surface area contributed by atoms with Crippen molar-refractivity contribution < 1.29 is 4.79 Å². The first-order valence-corrected chi connectivity index (χ1v) is 7.33. The standard InChI is InChI=1S/C16H25N3O/c1-11(2)5-7-14(17-3)12-6-8-15-13(9-12)10-19(4)16(20)18-15/h6,8-9,11,14,17H,5,7,10H2,1-4H3,(H,18,20). The van der Waals surface area contributed by atoms with E-state index in [0.717, 1.165) is 12.1 Å². The summed E-state index contributed by atoms with van der Waals surface area (Å²) >= 11 is 0. The van der Waals surface area contributed by atoms with Crippen LogP contribution in [0.4, 0.5) is 10.5 Å². The second-order valence-electron chi connectivity index (χ2n) is 6.02. The summed E-state index contributed by atoms with van der Waals surface area (Å²) in [6.07, 6.45) is 2.34. The molecule has 1 atom stereocenters. The molecule has 0 fully saturated rings. The third-order valence-electron chi connectivity index (χ3n) is 3.91. The van der Waals surface area contributed by atoms with E-state index in [1.54, 1.807) is 4.90 Å². The van der Waals surface area contributed by atoms with Gasteiger partial charge in [0.2, 0.25) is 0 Å². The summed E-state index contributed by atoms with van der Waals surface area (Å²) in [4.78, 5) is 13.3. The minimum absolute atomic E-state index is 0.0322. The lowest BCUT2D eigenvalue weighted by Gasteiger charge is -2.27. The average Bonchev–Trinajstić information content (AvgIpc) is 2.40. The smallest absolute Gasteiger partial charge is 0.321 e. The summed E-state index contributed by atoms with van der Waals surface area (Å²) in [7, 11) is 3.83. The summed E-state index contributed by atoms with van der Waals surface area (Å²) in [5.74, 6) is 0.717. The first kappa shape index (κ1) is 14.9. The number of hydrogen-bond donors (Lipinski definition) is 2. The van der Waals surface area contributed by atoms with Crippen molar-refractivity contribution in [1.82, 2.24) is 10.2 Å². The summed E-state index contributed by atoms with van der Waals surface area (Å²) in [5.41, 5.74) is 3.43. The molecule has 4 nitrogen and oxygen atoms in total. The highest BCUT2D eigenvalue weighted by molar-refractivity contribution is 5.92. The normalized spacial score (nSPS) is 16.1. The fourth-order valence-corrected chi connectivity index (χ4v) is 2.60. The predicted molar refractivity (Wildman–Crippen MR) is 82.8 cm³/mol. The van der Waals surface area contributed by atoms with Crippen LogP contribution in [0.25, 0.3) is 0 Å². The Morgan fingerprint density at radius 2 is 2.10 bits per heavy atom. The van der Waals surface area contributed by atoms with Gasteiger partial charge in [0.15, 0.2) is 0 Å². The maximum atomic E-state index is 11.6. The van der Waals surface area contributed by atoms with Gasteiger partial charge < -0.3 is 15.5 Å². The zero-order valence-corrected chi connectivity index (χ0v) is 12.9. The number of fused-ring (bicyclic) bond motifs is 1. The topological polar surface area (TPSA) is 44.4 Å². The van der Waals surface area contributed by atoms with Crippen LogP contribution in [0.1, 0.15) is 43.9 Å². The quantitative estimate of drug-likeness (QED) is 0.865. The molecule has 0 spiro atoms. The van der Waals surface area contributed by atoms with Gasteiger partial charge in [-0.05, 0) is 43.0 Å². The first-order valence-electron chi connectivity index (χ1n) is 7.33. The van der Waals surface area contributed by atoms with E-state index in [1.807, 2.05) is 20.2 Å². The fourth-order valence-electron chi connectivity index (χ4n) is 2.60. The van der Waals surface area contributed by atoms with Crippen LogP contribution in [0.2, 0.25) is 0 Å². The predicted octanol–water partition coefficient (Wildman–Crippen LogP) is 3.36. The first-order chi connectivity index (χ1) is 9.51. The van der Waals surface area contributed by atoms with Gasteiger partial charge in [0.1, 0.15) is 0 Å². The van der Waals surface area contributed by atoms with Crippen LogP contribution >= 0.6 is 0 Å². The molecular weight excluding hydrogens is 250 g/mol. The van der Waals surface area contributed by atoms with Gasteiger partial charge in [-0.15, -0.1) is 0 Å². The number of rotatable bonds is 5. The van der Waals surface area contributed by atoms with Crippen molar-refractivity contribution in [2.75, 3.05) is 19.4 Å². The van der Waals surface area contributed by atoms with Crippen molar-refractivity contribution >= 4 is 11.7 Å². The number of nitrogens with zero attached hydrogens (tertiary/aromatic N) is 1. The van der Waals surface area contributed by atoms with Crippen molar-refractivity contribution in [3.05, 3.63) is 29.3 Å². The summed E-state index contributed by atoms with van der Waals surface area (Å²) < 4.78 is 0. The fraction of sp³-hybridized carbons (Fsp3) is 0.562. The highest BCUT2D eigenvalue weighted by Crippen LogP contribution is 2.28. The lowest BCUT2D eigenvalue weighted by molar-refractivity contribution is 0.218. The highest BCUT2D eigenvalue weighted by Gasteiger charge is 2.20. The molecule has 0 bridgehead atoms. The number of hydrogen-bond acceptors (Lipinski definition) is 2. The highest BCUT2D eigenvalue weighted by atomic mass is 16.2. The van der Waals surface area contributed by atoms with Gasteiger partial charge in [0.25, 0.3) is 0 Å². The molecule has 0 aliphatic carbocycles. The Hall–Kier alpha value is -1.55. The molecule has 1 unspecified atom stereocenters. The van der Waals surface area contributed by atoms with E-state index in [2.05, 4.69) is 36.6 Å². The maximum Gasteiger partial charge on any atom is 0.321 e. The van der Waals surface area contributed by atoms with Crippen molar-refractivity contribution in [3.63, 3.8) is 0 Å². The molecule has 0 radical (unpaired) electrons. The van der Waals surface area contributed by atoms with Gasteiger partial charge >= 0.3 is 6.03 Å². The Kier molecular flexibility index (Phi) is 4.65.